The third-order valence-electron chi connectivity index (χ3n) is 10.9. The van der Waals surface area contributed by atoms with Gasteiger partial charge in [0, 0.05) is 119 Å². The first kappa shape index (κ1) is 132. The molecule has 1 rings (SSSR count). The molecule has 1 aromatic rings. The second-order valence-corrected chi connectivity index (χ2v) is 29.4. The highest BCUT2D eigenvalue weighted by Crippen LogP contribution is 2.40. The van der Waals surface area contributed by atoms with Gasteiger partial charge in [-0.05, 0) is 120 Å². The second kappa shape index (κ2) is 79.6. The zero-order valence-electron chi connectivity index (χ0n) is 72.1. The quantitative estimate of drug-likeness (QED) is 0.00995. The van der Waals surface area contributed by atoms with Crippen LogP contribution < -0.4 is 15.9 Å². The summed E-state index contributed by atoms with van der Waals surface area (Å²) in [7, 11) is -0.0404. The van der Waals surface area contributed by atoms with Gasteiger partial charge in [-0.1, -0.05) is 46.8 Å². The lowest BCUT2D eigenvalue weighted by Gasteiger charge is -2.31. The minimum Gasteiger partial charge on any atom is -0.480 e. The van der Waals surface area contributed by atoms with Crippen LogP contribution in [0.25, 0.3) is 0 Å². The SMILES string of the molecule is C.C=P(O)(O)c1cc(C)cc(C)c1C(C)(C)COC(C)=O.CC(=O)C(C)=O.CC(=O)C(C)=O.CC(=O)CCC(C)=O.CC(=O)CNC(=O)OC(C)(C)C.CC(=O)NCC(=O)O.CC(=O)OCCN(C)C.CC(=O)OCCOP(C)(=O)O.CCC(=O)CC(C)=O.CCCOC(C)=O.COC(=O)CCC(C)=O.COCCOCC(C)=O. The van der Waals surface area contributed by atoms with Gasteiger partial charge in [0.05, 0.1) is 52.9 Å². The fourth-order valence-corrected chi connectivity index (χ4v) is 7.34. The summed E-state index contributed by atoms with van der Waals surface area (Å²) in [6.45, 7) is 41.1. The van der Waals surface area contributed by atoms with E-state index in [0.717, 1.165) is 36.3 Å². The number of alkyl carbamates (subject to hydrolysis) is 1. The van der Waals surface area contributed by atoms with Crippen molar-refractivity contribution in [2.45, 2.75) is 230 Å². The fraction of sp³-hybridized carbons (Fsp3) is 0.658. The molecule has 114 heavy (non-hydrogen) atoms. The second-order valence-electron chi connectivity index (χ2n) is 25.6. The number of esters is 5. The smallest absolute Gasteiger partial charge is 0.408 e. The number of benzene rings is 1. The van der Waals surface area contributed by atoms with E-state index in [2.05, 4.69) is 45.1 Å². The molecule has 0 radical (unpaired) electrons. The minimum absolute atomic E-state index is 0. The number of ether oxygens (including phenoxy) is 8. The van der Waals surface area contributed by atoms with Gasteiger partial charge in [0.2, 0.25) is 5.91 Å². The molecule has 0 saturated heterocycles. The normalized spacial score (nSPS) is 10.1. The Kier molecular flexibility index (Phi) is 92.0. The predicted octanol–water partition coefficient (Wildman–Crippen LogP) is 7.41. The number of carbonyl (C=O) groups is 19. The van der Waals surface area contributed by atoms with Crippen molar-refractivity contribution in [1.29, 1.82) is 0 Å². The van der Waals surface area contributed by atoms with E-state index in [4.69, 9.17) is 24.2 Å². The molecule has 1 unspecified atom stereocenters. The molecule has 38 heteroatoms. The molecule has 0 fully saturated rings. The van der Waals surface area contributed by atoms with Crippen molar-refractivity contribution < 1.29 is 158 Å². The zero-order valence-corrected chi connectivity index (χ0v) is 73.8. The summed E-state index contributed by atoms with van der Waals surface area (Å²) in [4.78, 5) is 224. The first-order valence-electron chi connectivity index (χ1n) is 34.7. The van der Waals surface area contributed by atoms with Crippen LogP contribution in [0, 0.1) is 13.8 Å². The summed E-state index contributed by atoms with van der Waals surface area (Å²) in [6, 6.07) is 3.72. The van der Waals surface area contributed by atoms with Crippen LogP contribution in [0.1, 0.15) is 221 Å². The Balaban J connectivity index is -0.000000101. The number of nitrogens with zero attached hydrogens (tertiary/aromatic N) is 1. The van der Waals surface area contributed by atoms with Gasteiger partial charge in [0.1, 0.15) is 80.6 Å². The van der Waals surface area contributed by atoms with E-state index in [-0.39, 0.29) is 160 Å². The molecule has 1 atom stereocenters. The lowest BCUT2D eigenvalue weighted by atomic mass is 9.82. The highest BCUT2D eigenvalue weighted by Gasteiger charge is 2.31. The highest BCUT2D eigenvalue weighted by atomic mass is 31.2. The number of Topliss-reactive ketones (excluding diaryl/α,β-unsaturated/α-hetero) is 11. The maximum atomic E-state index is 11.0. The number of nitrogens with one attached hydrogen (secondary N) is 2. The topological polar surface area (TPSA) is 533 Å². The van der Waals surface area contributed by atoms with E-state index in [1.54, 1.807) is 40.9 Å². The standard InChI is InChI=1S/C15H23O4P.C8H15NO3.C6H13NO2.C6H12O3.C6H10O3.2C6H10O2.C5H11O5P.C5H10O2.C4H7NO3.2C4H6O2.CH4/c1-10-7-11(2)14(13(8-10)20(6,17)18)15(4,5)9-19-12(3)16;1-6(10)5-9-7(11)12-8(2,3)4;1-6(8)9-5-4-7(2)3;1-6(7)5-9-4-3-8-2;1-5(7)3-4-6(8)9-2;1-5(7)3-4-6(2)8;1-3-6(8)4-5(2)7;1-5(6)9-3-4-10-11(2,7)8;1-3-4-7-5(2)6;1-3(6)5-2-4(7)8;2*1-3(5)4(2)6;/h7-8,17-18H,6,9H2,1-5H3;5H2,1-4H3,(H,9,11);4-5H2,1-3H3;3-5H2,1-2H3;3-4H2,1-2H3;2*3-4H2,1-2H3;3-4H2,1-2H3,(H,7,8);3-4H2,1-2H3;2H2,1H3,(H,5,6)(H,7,8);2*1-2H3;1H4. The van der Waals surface area contributed by atoms with Gasteiger partial charge < -0.3 is 92.1 Å². The van der Waals surface area contributed by atoms with E-state index >= 15 is 0 Å². The van der Waals surface area contributed by atoms with Crippen LogP contribution in [-0.2, 0) is 139 Å². The van der Waals surface area contributed by atoms with Crippen LogP contribution in [0.5, 0.6) is 0 Å². The van der Waals surface area contributed by atoms with Crippen LogP contribution in [0.4, 0.5) is 4.79 Å². The Morgan fingerprint density at radius 3 is 1.21 bits per heavy atom. The number of hydrogen-bond acceptors (Lipinski definition) is 32. The first-order chi connectivity index (χ1) is 51.2. The van der Waals surface area contributed by atoms with Crippen molar-refractivity contribution in [2.24, 2.45) is 0 Å². The average Bonchev–Trinajstić information content (AvgIpc) is 0.773. The number of carboxylic acids is 1. The van der Waals surface area contributed by atoms with Gasteiger partial charge in [0.25, 0.3) is 0 Å². The van der Waals surface area contributed by atoms with Crippen molar-refractivity contribution >= 4 is 138 Å². The number of aliphatic carboxylic acids is 1. The molecule has 0 aromatic heterocycles. The van der Waals surface area contributed by atoms with Gasteiger partial charge in [-0.3, -0.25) is 76.5 Å². The van der Waals surface area contributed by atoms with Crippen molar-refractivity contribution in [3.05, 3.63) is 28.8 Å². The molecule has 6 N–H and O–H groups in total. The summed E-state index contributed by atoms with van der Waals surface area (Å²) in [5.41, 5.74) is 1.64. The molecule has 36 nitrogen and oxygen atoms in total. The van der Waals surface area contributed by atoms with Crippen LogP contribution in [0.15, 0.2) is 12.1 Å². The molecule has 0 bridgehead atoms. The Morgan fingerprint density at radius 1 is 0.526 bits per heavy atom. The van der Waals surface area contributed by atoms with E-state index in [0.29, 0.717) is 51.0 Å². The fourth-order valence-electron chi connectivity index (χ4n) is 5.68. The predicted molar refractivity (Wildman–Crippen MR) is 431 cm³/mol. The van der Waals surface area contributed by atoms with Gasteiger partial charge in [-0.15, -0.1) is 0 Å². The number of methoxy groups -OCH3 is 2. The maximum Gasteiger partial charge on any atom is 0.408 e. The van der Waals surface area contributed by atoms with Crippen molar-refractivity contribution in [3.8, 4) is 0 Å². The van der Waals surface area contributed by atoms with Crippen LogP contribution in [0.2, 0.25) is 0 Å². The average molecular weight is 1680 g/mol. The van der Waals surface area contributed by atoms with E-state index in [9.17, 15) is 105 Å². The Morgan fingerprint density at radius 2 is 0.939 bits per heavy atom. The first-order valence-corrected chi connectivity index (χ1v) is 38.6. The number of amides is 2. The molecule has 0 aliphatic carbocycles. The van der Waals surface area contributed by atoms with Crippen LogP contribution >= 0.6 is 14.9 Å². The molecule has 1 aromatic carbocycles. The number of carboxylic acid groups (broad SMARTS) is 1. The van der Waals surface area contributed by atoms with Crippen LogP contribution in [0.3, 0.4) is 0 Å². The molecular formula is C76H137N3O33P2. The summed E-state index contributed by atoms with van der Waals surface area (Å²) < 4.78 is 52.4. The molecule has 2 amide bonds. The lowest BCUT2D eigenvalue weighted by Crippen LogP contribution is -2.34. The van der Waals surface area contributed by atoms with Gasteiger partial charge in [0.15, 0.2) is 28.9 Å². The number of hydrogen-bond donors (Lipinski definition) is 6. The van der Waals surface area contributed by atoms with Crippen molar-refractivity contribution in [2.75, 3.05) is 107 Å². The molecule has 664 valence electrons. The molecule has 0 aliphatic heterocycles. The van der Waals surface area contributed by atoms with Gasteiger partial charge in [-0.25, -0.2) is 4.79 Å². The summed E-state index contributed by atoms with van der Waals surface area (Å²) in [6.07, 6.45) is 5.71. The third-order valence-corrected chi connectivity index (χ3v) is 12.7. The Labute approximate surface area is 674 Å². The molecule has 0 heterocycles. The van der Waals surface area contributed by atoms with Crippen LogP contribution in [-0.4, -0.2) is 255 Å². The Hall–Kier alpha value is -8.60. The molecule has 0 aliphatic rings. The monoisotopic (exact) mass is 1680 g/mol. The van der Waals surface area contributed by atoms with E-state index < -0.39 is 44.0 Å². The van der Waals surface area contributed by atoms with Gasteiger partial charge in [-0.2, -0.15) is 0 Å². The summed E-state index contributed by atoms with van der Waals surface area (Å²) in [5.74, 6) is -4.28. The van der Waals surface area contributed by atoms with Crippen molar-refractivity contribution in [1.82, 2.24) is 15.5 Å². The molecule has 0 spiro atoms. The number of rotatable bonds is 33. The minimum atomic E-state index is -3.42. The molecular weight excluding hydrogens is 1540 g/mol. The third kappa shape index (κ3) is 133. The van der Waals surface area contributed by atoms with E-state index in [1.165, 1.54) is 111 Å². The maximum absolute atomic E-state index is 11.0. The number of ketones is 11. The highest BCUT2D eigenvalue weighted by molar-refractivity contribution is 7.70. The van der Waals surface area contributed by atoms with Crippen molar-refractivity contribution in [3.63, 3.8) is 0 Å². The number of likely N-dealkylation sites (N-methyl/N-ethyl adjacent to an activating group) is 1. The summed E-state index contributed by atoms with van der Waals surface area (Å²) >= 11 is 0. The Bertz CT molecular complexity index is 3050. The largest absolute Gasteiger partial charge is 0.480 e. The number of carbonyl (C=O) groups excluding carboxylic acids is 18. The van der Waals surface area contributed by atoms with Gasteiger partial charge >= 0.3 is 49.5 Å². The molecule has 0 saturated carbocycles. The number of aryl methyl sites for hydroxylation is 2. The zero-order chi connectivity index (χ0) is 91.8. The van der Waals surface area contributed by atoms with E-state index in [1.807, 2.05) is 59.7 Å². The summed E-state index contributed by atoms with van der Waals surface area (Å²) in [5, 5.41) is 12.8. The lowest BCUT2D eigenvalue weighted by molar-refractivity contribution is -0.143.